The van der Waals surface area contributed by atoms with Crippen LogP contribution in [0.3, 0.4) is 0 Å². The Morgan fingerprint density at radius 3 is 2.12 bits per heavy atom. The van der Waals surface area contributed by atoms with Gasteiger partial charge in [0.2, 0.25) is 0 Å². The molecule has 0 bridgehead atoms. The lowest BCUT2D eigenvalue weighted by atomic mass is 9.66. The van der Waals surface area contributed by atoms with Crippen molar-refractivity contribution in [3.05, 3.63) is 12.2 Å². The minimum Gasteiger partial charge on any atom is -0.0888 e. The van der Waals surface area contributed by atoms with Crippen molar-refractivity contribution in [3.63, 3.8) is 0 Å². The van der Waals surface area contributed by atoms with Crippen molar-refractivity contribution in [2.45, 2.75) is 84.0 Å². The third-order valence-corrected chi connectivity index (χ3v) is 5.20. The van der Waals surface area contributed by atoms with Gasteiger partial charge in [-0.2, -0.15) is 0 Å². The van der Waals surface area contributed by atoms with Gasteiger partial charge in [-0.1, -0.05) is 44.8 Å². The van der Waals surface area contributed by atoms with Crippen molar-refractivity contribution in [1.29, 1.82) is 0 Å². The summed E-state index contributed by atoms with van der Waals surface area (Å²) in [5, 5.41) is 0. The summed E-state index contributed by atoms with van der Waals surface area (Å²) >= 11 is 0. The van der Waals surface area contributed by atoms with Crippen molar-refractivity contribution >= 4 is 0 Å². The molecule has 0 heterocycles. The molecule has 0 aliphatic heterocycles. The molecule has 1 spiro atoms. The molecule has 98 valence electrons. The third-order valence-electron chi connectivity index (χ3n) is 5.20. The molecule has 0 radical (unpaired) electrons. The first-order valence-corrected chi connectivity index (χ1v) is 8.00. The predicted octanol–water partition coefficient (Wildman–Crippen LogP) is 5.87. The Hall–Kier alpha value is -0.260. The zero-order valence-electron chi connectivity index (χ0n) is 11.7. The minimum atomic E-state index is 0.793. The number of rotatable bonds is 3. The van der Waals surface area contributed by atoms with Gasteiger partial charge in [0.05, 0.1) is 0 Å². The lowest BCUT2D eigenvalue weighted by molar-refractivity contribution is 0.127. The molecule has 0 unspecified atom stereocenters. The predicted molar refractivity (Wildman–Crippen MR) is 76.1 cm³/mol. The maximum absolute atomic E-state index is 2.43. The lowest BCUT2D eigenvalue weighted by Crippen LogP contribution is -2.26. The summed E-state index contributed by atoms with van der Waals surface area (Å²) < 4.78 is 0. The second-order valence-corrected chi connectivity index (χ2v) is 6.47. The van der Waals surface area contributed by atoms with Crippen LogP contribution < -0.4 is 0 Å². The van der Waals surface area contributed by atoms with Crippen LogP contribution in [0.25, 0.3) is 0 Å². The monoisotopic (exact) mass is 234 g/mol. The SMILES string of the molecule is CCC=CCC1CCC2(CCCCCC2)CC1. The molecule has 0 amide bonds. The first-order chi connectivity index (χ1) is 8.35. The lowest BCUT2D eigenvalue weighted by Gasteiger charge is -2.39. The largest absolute Gasteiger partial charge is 0.0888 e. The summed E-state index contributed by atoms with van der Waals surface area (Å²) in [5.41, 5.74) is 0.793. The molecule has 0 atom stereocenters. The minimum absolute atomic E-state index is 0.793. The molecular weight excluding hydrogens is 204 g/mol. The average molecular weight is 234 g/mol. The maximum atomic E-state index is 2.43. The van der Waals surface area contributed by atoms with E-state index in [0.29, 0.717) is 0 Å². The smallest absolute Gasteiger partial charge is 0.0297 e. The summed E-state index contributed by atoms with van der Waals surface area (Å²) in [6.45, 7) is 2.23. The number of hydrogen-bond acceptors (Lipinski definition) is 0. The summed E-state index contributed by atoms with van der Waals surface area (Å²) in [4.78, 5) is 0. The Morgan fingerprint density at radius 1 is 0.882 bits per heavy atom. The van der Waals surface area contributed by atoms with E-state index in [9.17, 15) is 0 Å². The van der Waals surface area contributed by atoms with E-state index in [4.69, 9.17) is 0 Å². The van der Waals surface area contributed by atoms with E-state index in [0.717, 1.165) is 11.3 Å². The van der Waals surface area contributed by atoms with Gasteiger partial charge in [-0.05, 0) is 62.7 Å². The zero-order valence-corrected chi connectivity index (χ0v) is 11.7. The van der Waals surface area contributed by atoms with E-state index in [1.807, 2.05) is 0 Å². The summed E-state index contributed by atoms with van der Waals surface area (Å²) in [5.74, 6) is 1.01. The molecular formula is C17H30. The van der Waals surface area contributed by atoms with Gasteiger partial charge in [0, 0.05) is 0 Å². The highest BCUT2D eigenvalue weighted by Crippen LogP contribution is 2.48. The van der Waals surface area contributed by atoms with Crippen LogP contribution in [0.4, 0.5) is 0 Å². The van der Waals surface area contributed by atoms with Crippen LogP contribution in [0.15, 0.2) is 12.2 Å². The molecule has 0 saturated heterocycles. The Labute approximate surface area is 108 Å². The first kappa shape index (κ1) is 13.2. The van der Waals surface area contributed by atoms with E-state index in [1.54, 1.807) is 12.8 Å². The fourth-order valence-electron chi connectivity index (χ4n) is 3.96. The molecule has 2 rings (SSSR count). The second-order valence-electron chi connectivity index (χ2n) is 6.47. The Morgan fingerprint density at radius 2 is 1.53 bits per heavy atom. The van der Waals surface area contributed by atoms with Crippen LogP contribution in [0.2, 0.25) is 0 Å². The van der Waals surface area contributed by atoms with Crippen LogP contribution in [0.5, 0.6) is 0 Å². The summed E-state index contributed by atoms with van der Waals surface area (Å²) in [6.07, 6.45) is 22.6. The van der Waals surface area contributed by atoms with Gasteiger partial charge < -0.3 is 0 Å². The average Bonchev–Trinajstić information content (AvgIpc) is 2.58. The molecule has 2 fully saturated rings. The normalized spacial score (nSPS) is 26.4. The quantitative estimate of drug-likeness (QED) is 0.535. The molecule has 0 aromatic carbocycles. The molecule has 0 aromatic heterocycles. The van der Waals surface area contributed by atoms with E-state index in [-0.39, 0.29) is 0 Å². The van der Waals surface area contributed by atoms with Gasteiger partial charge in [-0.25, -0.2) is 0 Å². The highest BCUT2D eigenvalue weighted by atomic mass is 14.4. The topological polar surface area (TPSA) is 0 Å². The van der Waals surface area contributed by atoms with Gasteiger partial charge in [-0.15, -0.1) is 0 Å². The van der Waals surface area contributed by atoms with E-state index < -0.39 is 0 Å². The fourth-order valence-corrected chi connectivity index (χ4v) is 3.96. The summed E-state index contributed by atoms with van der Waals surface area (Å²) in [6, 6.07) is 0. The highest BCUT2D eigenvalue weighted by molar-refractivity contribution is 4.90. The van der Waals surface area contributed by atoms with E-state index >= 15 is 0 Å². The summed E-state index contributed by atoms with van der Waals surface area (Å²) in [7, 11) is 0. The van der Waals surface area contributed by atoms with E-state index in [2.05, 4.69) is 19.1 Å². The van der Waals surface area contributed by atoms with Crippen molar-refractivity contribution in [1.82, 2.24) is 0 Å². The van der Waals surface area contributed by atoms with Crippen molar-refractivity contribution in [2.75, 3.05) is 0 Å². The molecule has 0 heteroatoms. The Balaban J connectivity index is 1.77. The van der Waals surface area contributed by atoms with Crippen molar-refractivity contribution in [2.24, 2.45) is 11.3 Å². The number of allylic oxidation sites excluding steroid dienone is 2. The van der Waals surface area contributed by atoms with Crippen LogP contribution in [-0.2, 0) is 0 Å². The maximum Gasteiger partial charge on any atom is -0.0297 e. The molecule has 17 heavy (non-hydrogen) atoms. The van der Waals surface area contributed by atoms with Gasteiger partial charge in [0.15, 0.2) is 0 Å². The molecule has 2 saturated carbocycles. The molecule has 0 aromatic rings. The number of hydrogen-bond donors (Lipinski definition) is 0. The van der Waals surface area contributed by atoms with Gasteiger partial charge >= 0.3 is 0 Å². The second kappa shape index (κ2) is 6.61. The molecule has 2 aliphatic carbocycles. The van der Waals surface area contributed by atoms with Crippen LogP contribution >= 0.6 is 0 Å². The Kier molecular flexibility index (Phi) is 5.13. The fraction of sp³-hybridized carbons (Fsp3) is 0.882. The van der Waals surface area contributed by atoms with E-state index in [1.165, 1.54) is 64.2 Å². The highest BCUT2D eigenvalue weighted by Gasteiger charge is 2.34. The first-order valence-electron chi connectivity index (χ1n) is 8.00. The van der Waals surface area contributed by atoms with Gasteiger partial charge in [-0.3, -0.25) is 0 Å². The molecule has 0 nitrogen and oxygen atoms in total. The van der Waals surface area contributed by atoms with Gasteiger partial charge in [0.1, 0.15) is 0 Å². The zero-order chi connectivity index (χ0) is 12.0. The van der Waals surface area contributed by atoms with Crippen molar-refractivity contribution < 1.29 is 0 Å². The molecule has 0 N–H and O–H groups in total. The standard InChI is InChI=1S/C17H30/c1-2-3-6-9-16-10-14-17(15-11-16)12-7-4-5-8-13-17/h3,6,16H,2,4-5,7-15H2,1H3. The Bertz CT molecular complexity index is 220. The van der Waals surface area contributed by atoms with Crippen LogP contribution in [-0.4, -0.2) is 0 Å². The van der Waals surface area contributed by atoms with Gasteiger partial charge in [0.25, 0.3) is 0 Å². The van der Waals surface area contributed by atoms with Crippen LogP contribution in [0, 0.1) is 11.3 Å². The third kappa shape index (κ3) is 3.86. The van der Waals surface area contributed by atoms with Crippen molar-refractivity contribution in [3.8, 4) is 0 Å². The molecule has 2 aliphatic rings. The van der Waals surface area contributed by atoms with Crippen LogP contribution in [0.1, 0.15) is 84.0 Å².